The molecule has 0 spiro atoms. The molecule has 0 radical (unpaired) electrons. The summed E-state index contributed by atoms with van der Waals surface area (Å²) in [5, 5.41) is 2.50. The number of nitrogen functional groups attached to an aromatic ring is 1. The standard InChI is InChI=1S/C52H38N2/c53-52-49(38-15-3-1-4-16-38)28-14-29-50(52)43-22-12-20-41(36-43)40-19-11-21-42(35-40)48-26-9-10-30-51(48)54(44-23-5-2-6-24-44)45-33-31-39(32-34-45)47-27-13-18-37-17-7-8-25-46(37)47/h1-36H,53H2. The van der Waals surface area contributed by atoms with Crippen LogP contribution in [0.3, 0.4) is 0 Å². The zero-order chi connectivity index (χ0) is 36.3. The second-order valence-electron chi connectivity index (χ2n) is 13.6. The van der Waals surface area contributed by atoms with Crippen LogP contribution < -0.4 is 10.6 Å². The minimum Gasteiger partial charge on any atom is -0.398 e. The van der Waals surface area contributed by atoms with E-state index in [1.165, 1.54) is 21.9 Å². The lowest BCUT2D eigenvalue weighted by atomic mass is 9.93. The monoisotopic (exact) mass is 690 g/mol. The molecule has 0 aromatic heterocycles. The predicted molar refractivity (Wildman–Crippen MR) is 230 cm³/mol. The Balaban J connectivity index is 1.09. The molecule has 0 amide bonds. The molecule has 2 N–H and O–H groups in total. The molecule has 54 heavy (non-hydrogen) atoms. The fourth-order valence-electron chi connectivity index (χ4n) is 7.60. The van der Waals surface area contributed by atoms with Gasteiger partial charge in [0.2, 0.25) is 0 Å². The van der Waals surface area contributed by atoms with Crippen LogP contribution >= 0.6 is 0 Å². The lowest BCUT2D eigenvalue weighted by Crippen LogP contribution is -2.11. The molecule has 0 saturated carbocycles. The van der Waals surface area contributed by atoms with E-state index in [-0.39, 0.29) is 0 Å². The third-order valence-electron chi connectivity index (χ3n) is 10.3. The number of benzene rings is 9. The van der Waals surface area contributed by atoms with E-state index in [1.54, 1.807) is 0 Å². The summed E-state index contributed by atoms with van der Waals surface area (Å²) in [6.07, 6.45) is 0. The summed E-state index contributed by atoms with van der Waals surface area (Å²) in [5.41, 5.74) is 22.2. The van der Waals surface area contributed by atoms with Gasteiger partial charge in [-0.05, 0) is 92.2 Å². The highest BCUT2D eigenvalue weighted by atomic mass is 15.1. The quantitative estimate of drug-likeness (QED) is 0.161. The normalized spacial score (nSPS) is 11.0. The van der Waals surface area contributed by atoms with Gasteiger partial charge >= 0.3 is 0 Å². The number of fused-ring (bicyclic) bond motifs is 1. The van der Waals surface area contributed by atoms with Crippen LogP contribution in [-0.2, 0) is 0 Å². The fraction of sp³-hybridized carbons (Fsp3) is 0. The van der Waals surface area contributed by atoms with Crippen molar-refractivity contribution in [1.82, 2.24) is 0 Å². The Morgan fingerprint density at radius 1 is 0.296 bits per heavy atom. The van der Waals surface area contributed by atoms with E-state index < -0.39 is 0 Å². The molecule has 9 aromatic carbocycles. The average molecular weight is 691 g/mol. The molecule has 0 saturated heterocycles. The molecule has 2 heteroatoms. The van der Waals surface area contributed by atoms with Gasteiger partial charge < -0.3 is 10.6 Å². The van der Waals surface area contributed by atoms with Gasteiger partial charge in [0.25, 0.3) is 0 Å². The lowest BCUT2D eigenvalue weighted by Gasteiger charge is -2.28. The molecule has 0 fully saturated rings. The zero-order valence-electron chi connectivity index (χ0n) is 29.8. The van der Waals surface area contributed by atoms with Gasteiger partial charge in [0.05, 0.1) is 5.69 Å². The number of anilines is 4. The first-order valence-corrected chi connectivity index (χ1v) is 18.4. The van der Waals surface area contributed by atoms with E-state index in [2.05, 4.69) is 217 Å². The molecule has 0 aliphatic carbocycles. The first-order chi connectivity index (χ1) is 26.7. The molecule has 0 bridgehead atoms. The van der Waals surface area contributed by atoms with Crippen LogP contribution in [0.4, 0.5) is 22.7 Å². The third-order valence-corrected chi connectivity index (χ3v) is 10.3. The van der Waals surface area contributed by atoms with Crippen molar-refractivity contribution in [3.05, 3.63) is 218 Å². The van der Waals surface area contributed by atoms with Crippen molar-refractivity contribution in [2.45, 2.75) is 0 Å². The van der Waals surface area contributed by atoms with Crippen molar-refractivity contribution in [2.24, 2.45) is 0 Å². The number of rotatable bonds is 8. The Morgan fingerprint density at radius 3 is 1.48 bits per heavy atom. The first-order valence-electron chi connectivity index (χ1n) is 18.4. The van der Waals surface area contributed by atoms with Gasteiger partial charge in [-0.1, -0.05) is 176 Å². The fourth-order valence-corrected chi connectivity index (χ4v) is 7.60. The number of hydrogen-bond donors (Lipinski definition) is 1. The Labute approximate surface area is 317 Å². The van der Waals surface area contributed by atoms with Crippen molar-refractivity contribution in [2.75, 3.05) is 10.6 Å². The maximum absolute atomic E-state index is 6.83. The van der Waals surface area contributed by atoms with Crippen LogP contribution in [0.5, 0.6) is 0 Å². The van der Waals surface area contributed by atoms with Gasteiger partial charge in [0.15, 0.2) is 0 Å². The van der Waals surface area contributed by atoms with Crippen LogP contribution in [0, 0.1) is 0 Å². The molecule has 9 rings (SSSR count). The smallest absolute Gasteiger partial charge is 0.0540 e. The van der Waals surface area contributed by atoms with Crippen molar-refractivity contribution < 1.29 is 0 Å². The van der Waals surface area contributed by atoms with Gasteiger partial charge in [-0.3, -0.25) is 0 Å². The summed E-state index contributed by atoms with van der Waals surface area (Å²) < 4.78 is 0. The molecule has 0 aliphatic heterocycles. The van der Waals surface area contributed by atoms with E-state index in [0.29, 0.717) is 0 Å². The SMILES string of the molecule is Nc1c(-c2ccccc2)cccc1-c1cccc(-c2cccc(-c3ccccc3N(c3ccccc3)c3ccc(-c4cccc5ccccc45)cc3)c2)c1. The lowest BCUT2D eigenvalue weighted by molar-refractivity contribution is 1.28. The summed E-state index contributed by atoms with van der Waals surface area (Å²) in [5.74, 6) is 0. The van der Waals surface area contributed by atoms with E-state index >= 15 is 0 Å². The van der Waals surface area contributed by atoms with E-state index in [9.17, 15) is 0 Å². The highest BCUT2D eigenvalue weighted by Crippen LogP contribution is 2.43. The molecule has 9 aromatic rings. The maximum Gasteiger partial charge on any atom is 0.0540 e. The second kappa shape index (κ2) is 14.5. The zero-order valence-corrected chi connectivity index (χ0v) is 29.8. The van der Waals surface area contributed by atoms with Crippen LogP contribution in [-0.4, -0.2) is 0 Å². The number of nitrogens with two attached hydrogens (primary N) is 1. The van der Waals surface area contributed by atoms with Crippen LogP contribution in [0.1, 0.15) is 0 Å². The molecule has 0 aliphatic rings. The van der Waals surface area contributed by atoms with E-state index in [1.807, 2.05) is 6.07 Å². The van der Waals surface area contributed by atoms with Gasteiger partial charge in [-0.2, -0.15) is 0 Å². The highest BCUT2D eigenvalue weighted by molar-refractivity contribution is 5.97. The number of nitrogens with zero attached hydrogens (tertiary/aromatic N) is 1. The van der Waals surface area contributed by atoms with Gasteiger partial charge in [-0.15, -0.1) is 0 Å². The molecule has 2 nitrogen and oxygen atoms in total. The summed E-state index contributed by atoms with van der Waals surface area (Å²) in [6, 6.07) is 77.6. The second-order valence-corrected chi connectivity index (χ2v) is 13.6. The molecule has 0 heterocycles. The van der Waals surface area contributed by atoms with Crippen LogP contribution in [0.2, 0.25) is 0 Å². The Hall–Kier alpha value is -7.16. The highest BCUT2D eigenvalue weighted by Gasteiger charge is 2.18. The summed E-state index contributed by atoms with van der Waals surface area (Å²) in [7, 11) is 0. The van der Waals surface area contributed by atoms with Crippen molar-refractivity contribution >= 4 is 33.5 Å². The van der Waals surface area contributed by atoms with Crippen LogP contribution in [0.15, 0.2) is 218 Å². The summed E-state index contributed by atoms with van der Waals surface area (Å²) in [4.78, 5) is 2.36. The largest absolute Gasteiger partial charge is 0.398 e. The van der Waals surface area contributed by atoms with E-state index in [4.69, 9.17) is 5.73 Å². The number of hydrogen-bond acceptors (Lipinski definition) is 2. The maximum atomic E-state index is 6.83. The topological polar surface area (TPSA) is 29.3 Å². The summed E-state index contributed by atoms with van der Waals surface area (Å²) >= 11 is 0. The molecule has 256 valence electrons. The van der Waals surface area contributed by atoms with Gasteiger partial charge in [0, 0.05) is 33.8 Å². The van der Waals surface area contributed by atoms with Crippen molar-refractivity contribution in [3.63, 3.8) is 0 Å². The average Bonchev–Trinajstić information content (AvgIpc) is 3.25. The predicted octanol–water partition coefficient (Wildman–Crippen LogP) is 14.2. The van der Waals surface area contributed by atoms with Crippen molar-refractivity contribution in [3.8, 4) is 55.6 Å². The summed E-state index contributed by atoms with van der Waals surface area (Å²) in [6.45, 7) is 0. The van der Waals surface area contributed by atoms with Crippen LogP contribution in [0.25, 0.3) is 66.4 Å². The number of para-hydroxylation sites is 3. The Bertz CT molecular complexity index is 2710. The third kappa shape index (κ3) is 6.31. The molecule has 0 atom stereocenters. The van der Waals surface area contributed by atoms with Gasteiger partial charge in [0.1, 0.15) is 0 Å². The molecule has 0 unspecified atom stereocenters. The first kappa shape index (κ1) is 32.7. The Morgan fingerprint density at radius 2 is 0.741 bits per heavy atom. The van der Waals surface area contributed by atoms with Gasteiger partial charge in [-0.25, -0.2) is 0 Å². The molecular weight excluding hydrogens is 653 g/mol. The molecular formula is C52H38N2. The van der Waals surface area contributed by atoms with E-state index in [0.717, 1.165) is 67.3 Å². The minimum atomic E-state index is 0.787. The Kier molecular flexibility index (Phi) is 8.76. The van der Waals surface area contributed by atoms with Crippen molar-refractivity contribution in [1.29, 1.82) is 0 Å². The minimum absolute atomic E-state index is 0.787.